The van der Waals surface area contributed by atoms with E-state index in [4.69, 9.17) is 4.74 Å². The molecule has 0 spiro atoms. The van der Waals surface area contributed by atoms with Gasteiger partial charge in [-0.3, -0.25) is 4.79 Å². The molecule has 0 saturated heterocycles. The van der Waals surface area contributed by atoms with E-state index in [1.54, 1.807) is 6.08 Å². The lowest BCUT2D eigenvalue weighted by atomic mass is 9.69. The van der Waals surface area contributed by atoms with Crippen molar-refractivity contribution in [1.82, 2.24) is 10.6 Å². The summed E-state index contributed by atoms with van der Waals surface area (Å²) in [5.74, 6) is -0.188. The van der Waals surface area contributed by atoms with Gasteiger partial charge in [0.1, 0.15) is 11.1 Å². The molecule has 206 valence electrons. The maximum atomic E-state index is 14.0. The molecule has 38 heavy (non-hydrogen) atoms. The summed E-state index contributed by atoms with van der Waals surface area (Å²) >= 11 is 0. The molecule has 1 atom stereocenters. The molecular weight excluding hydrogens is 472 g/mol. The maximum absolute atomic E-state index is 14.0. The van der Waals surface area contributed by atoms with Crippen LogP contribution < -0.4 is 10.6 Å². The van der Waals surface area contributed by atoms with E-state index in [0.717, 1.165) is 49.7 Å². The van der Waals surface area contributed by atoms with Gasteiger partial charge in [0.15, 0.2) is 0 Å². The highest BCUT2D eigenvalue weighted by Crippen LogP contribution is 2.42. The molecule has 0 aromatic heterocycles. The van der Waals surface area contributed by atoms with E-state index in [1.807, 2.05) is 45.9 Å². The highest BCUT2D eigenvalue weighted by atomic mass is 16.6. The molecule has 2 amide bonds. The Balaban J connectivity index is 1.86. The average molecular weight is 519 g/mol. The number of benzene rings is 1. The van der Waals surface area contributed by atoms with Gasteiger partial charge >= 0.3 is 6.09 Å². The summed E-state index contributed by atoms with van der Waals surface area (Å²) in [4.78, 5) is 26.9. The van der Waals surface area contributed by atoms with E-state index >= 15 is 0 Å². The molecule has 0 unspecified atom stereocenters. The molecule has 0 bridgehead atoms. The first-order valence-electron chi connectivity index (χ1n) is 14.0. The van der Waals surface area contributed by atoms with Crippen LogP contribution in [0.25, 0.3) is 5.57 Å². The van der Waals surface area contributed by atoms with E-state index < -0.39 is 17.2 Å². The van der Waals surface area contributed by atoms with Crippen LogP contribution in [0, 0.1) is 5.41 Å². The fourth-order valence-corrected chi connectivity index (χ4v) is 5.66. The molecular formula is C33H46N2O3. The van der Waals surface area contributed by atoms with Crippen molar-refractivity contribution in [2.45, 2.75) is 97.1 Å². The third kappa shape index (κ3) is 7.72. The minimum absolute atomic E-state index is 0.0943. The van der Waals surface area contributed by atoms with Gasteiger partial charge in [-0.05, 0) is 77.0 Å². The molecule has 0 heterocycles. The molecule has 1 aromatic carbocycles. The number of ether oxygens (including phenoxy) is 1. The van der Waals surface area contributed by atoms with Crippen molar-refractivity contribution in [1.29, 1.82) is 0 Å². The Morgan fingerprint density at radius 3 is 2.47 bits per heavy atom. The normalized spacial score (nSPS) is 19.1. The number of nitrogens with one attached hydrogen (secondary N) is 2. The Hall–Kier alpha value is -3.08. The third-order valence-corrected chi connectivity index (χ3v) is 7.82. The number of hydrogen-bond acceptors (Lipinski definition) is 3. The summed E-state index contributed by atoms with van der Waals surface area (Å²) < 4.78 is 5.58. The lowest BCUT2D eigenvalue weighted by molar-refractivity contribution is -0.127. The summed E-state index contributed by atoms with van der Waals surface area (Å²) in [6, 6.07) is 8.33. The number of carbonyl (C=O) groups excluding carboxylic acids is 2. The summed E-state index contributed by atoms with van der Waals surface area (Å²) in [5.41, 5.74) is 2.85. The Morgan fingerprint density at radius 2 is 1.79 bits per heavy atom. The zero-order valence-electron chi connectivity index (χ0n) is 24.0. The summed E-state index contributed by atoms with van der Waals surface area (Å²) in [7, 11) is 0. The van der Waals surface area contributed by atoms with Gasteiger partial charge in [0, 0.05) is 18.4 Å². The number of carbonyl (C=O) groups is 2. The molecule has 3 rings (SSSR count). The molecule has 2 aliphatic carbocycles. The minimum atomic E-state index is -1.17. The van der Waals surface area contributed by atoms with Crippen molar-refractivity contribution in [3.63, 3.8) is 0 Å². The fraction of sp³-hybridized carbons (Fsp3) is 0.515. The van der Waals surface area contributed by atoms with Gasteiger partial charge in [0.25, 0.3) is 0 Å². The lowest BCUT2D eigenvalue weighted by Crippen LogP contribution is -2.59. The van der Waals surface area contributed by atoms with Crippen LogP contribution >= 0.6 is 0 Å². The van der Waals surface area contributed by atoms with E-state index in [-0.39, 0.29) is 11.3 Å². The second kappa shape index (κ2) is 12.6. The lowest BCUT2D eigenvalue weighted by Gasteiger charge is -2.40. The van der Waals surface area contributed by atoms with Crippen LogP contribution in [0.3, 0.4) is 0 Å². The van der Waals surface area contributed by atoms with Crippen molar-refractivity contribution in [3.05, 3.63) is 77.9 Å². The molecule has 2 N–H and O–H groups in total. The fourth-order valence-electron chi connectivity index (χ4n) is 5.66. The third-order valence-electron chi connectivity index (χ3n) is 7.82. The van der Waals surface area contributed by atoms with Crippen LogP contribution in [0.4, 0.5) is 4.79 Å². The van der Waals surface area contributed by atoms with Crippen molar-refractivity contribution in [2.75, 3.05) is 6.54 Å². The van der Waals surface area contributed by atoms with Crippen LogP contribution in [0.5, 0.6) is 0 Å². The predicted octanol–water partition coefficient (Wildman–Crippen LogP) is 7.44. The van der Waals surface area contributed by atoms with E-state index in [1.165, 1.54) is 17.6 Å². The number of rotatable bonds is 9. The molecule has 0 radical (unpaired) electrons. The standard InChI is InChI=1S/C33H46N2O3/c1-7-8-10-16-25(2)33(21-13-9-14-22-33)24-34-29(36)32(6,35-30(37)38-31(3,4)5)23-27-19-15-18-26-17-11-12-20-28(26)27/h7-8,10-12,16-17,19-20H,1,9,13-15,18,21-24H2,2-6H3,(H,34,36)(H,35,37)/b10-8-,25-16+/t32-/m0/s1. The van der Waals surface area contributed by atoms with Crippen molar-refractivity contribution < 1.29 is 14.3 Å². The number of fused-ring (bicyclic) bond motifs is 1. The Morgan fingerprint density at radius 1 is 1.08 bits per heavy atom. The zero-order chi connectivity index (χ0) is 27.8. The van der Waals surface area contributed by atoms with Crippen molar-refractivity contribution in [3.8, 4) is 0 Å². The quantitative estimate of drug-likeness (QED) is 0.334. The van der Waals surface area contributed by atoms with Crippen LogP contribution in [0.15, 0.2) is 66.8 Å². The number of allylic oxidation sites excluding steroid dienone is 5. The molecule has 1 saturated carbocycles. The molecule has 5 heteroatoms. The van der Waals surface area contributed by atoms with Gasteiger partial charge < -0.3 is 15.4 Å². The first-order valence-corrected chi connectivity index (χ1v) is 14.0. The second-order valence-electron chi connectivity index (χ2n) is 12.1. The topological polar surface area (TPSA) is 67.4 Å². The summed E-state index contributed by atoms with van der Waals surface area (Å²) in [5, 5.41) is 6.21. The van der Waals surface area contributed by atoms with Crippen molar-refractivity contribution in [2.24, 2.45) is 5.41 Å². The van der Waals surface area contributed by atoms with Gasteiger partial charge in [-0.25, -0.2) is 4.79 Å². The maximum Gasteiger partial charge on any atom is 0.408 e. The highest BCUT2D eigenvalue weighted by molar-refractivity contribution is 5.92. The SMILES string of the molecule is C=C/C=C\C=C(/C)C1(CNC(=O)[C@](C)(CC2=CCCc3ccccc32)NC(=O)OC(C)(C)C)CCCCC1. The average Bonchev–Trinajstić information content (AvgIpc) is 2.87. The summed E-state index contributed by atoms with van der Waals surface area (Å²) in [6.07, 6.45) is 17.3. The highest BCUT2D eigenvalue weighted by Gasteiger charge is 2.40. The molecule has 5 nitrogen and oxygen atoms in total. The van der Waals surface area contributed by atoms with Crippen LogP contribution in [-0.2, 0) is 16.0 Å². The molecule has 0 aliphatic heterocycles. The number of hydrogen-bond donors (Lipinski definition) is 2. The molecule has 1 aromatic rings. The predicted molar refractivity (Wildman–Crippen MR) is 157 cm³/mol. The van der Waals surface area contributed by atoms with Gasteiger partial charge in [0.05, 0.1) is 0 Å². The number of amides is 2. The van der Waals surface area contributed by atoms with E-state index in [9.17, 15) is 9.59 Å². The van der Waals surface area contributed by atoms with E-state index in [2.05, 4.69) is 54.5 Å². The van der Waals surface area contributed by atoms with Gasteiger partial charge in [-0.15, -0.1) is 0 Å². The van der Waals surface area contributed by atoms with Crippen LogP contribution in [0.1, 0.15) is 90.7 Å². The summed E-state index contributed by atoms with van der Waals surface area (Å²) in [6.45, 7) is 13.7. The van der Waals surface area contributed by atoms with Crippen molar-refractivity contribution >= 4 is 17.6 Å². The van der Waals surface area contributed by atoms with E-state index in [0.29, 0.717) is 13.0 Å². The zero-order valence-corrected chi connectivity index (χ0v) is 24.0. The number of aryl methyl sites for hydroxylation is 1. The Labute approximate surface area is 229 Å². The first kappa shape index (κ1) is 29.5. The van der Waals surface area contributed by atoms with Crippen LogP contribution in [-0.4, -0.2) is 29.7 Å². The van der Waals surface area contributed by atoms with Crippen LogP contribution in [0.2, 0.25) is 0 Å². The Bertz CT molecular complexity index is 1100. The monoisotopic (exact) mass is 518 g/mol. The molecule has 1 fully saturated rings. The minimum Gasteiger partial charge on any atom is -0.444 e. The van der Waals surface area contributed by atoms with Gasteiger partial charge in [-0.1, -0.05) is 86.1 Å². The van der Waals surface area contributed by atoms with Gasteiger partial charge in [-0.2, -0.15) is 0 Å². The second-order valence-corrected chi connectivity index (χ2v) is 12.1. The number of alkyl carbamates (subject to hydrolysis) is 1. The molecule has 2 aliphatic rings. The smallest absolute Gasteiger partial charge is 0.408 e. The first-order chi connectivity index (χ1) is 18.0. The largest absolute Gasteiger partial charge is 0.444 e. The van der Waals surface area contributed by atoms with Gasteiger partial charge in [0.2, 0.25) is 5.91 Å². The Kier molecular flexibility index (Phi) is 9.81.